The maximum absolute atomic E-state index is 11.9. The van der Waals surface area contributed by atoms with E-state index in [1.165, 1.54) is 13.2 Å². The molecule has 1 heterocycles. The summed E-state index contributed by atoms with van der Waals surface area (Å²) in [5.74, 6) is -0.0923. The van der Waals surface area contributed by atoms with Gasteiger partial charge >= 0.3 is 5.97 Å². The van der Waals surface area contributed by atoms with Gasteiger partial charge < -0.3 is 10.1 Å². The number of benzene rings is 1. The second-order valence-electron chi connectivity index (χ2n) is 6.08. The minimum absolute atomic E-state index is 0.0357. The number of anilines is 1. The maximum atomic E-state index is 11.9. The molecule has 1 aliphatic rings. The molecule has 7 nitrogen and oxygen atoms in total. The van der Waals surface area contributed by atoms with Gasteiger partial charge in [-0.05, 0) is 37.5 Å². The Morgan fingerprint density at radius 3 is 2.76 bits per heavy atom. The van der Waals surface area contributed by atoms with Crippen molar-refractivity contribution < 1.29 is 14.5 Å². The Labute approximate surface area is 145 Å². The van der Waals surface area contributed by atoms with Crippen LogP contribution in [-0.4, -0.2) is 23.0 Å². The monoisotopic (exact) mass is 341 g/mol. The first-order chi connectivity index (χ1) is 12.0. The van der Waals surface area contributed by atoms with Crippen molar-refractivity contribution in [1.29, 1.82) is 0 Å². The highest BCUT2D eigenvalue weighted by Crippen LogP contribution is 2.41. The predicted octanol–water partition coefficient (Wildman–Crippen LogP) is 3.57. The van der Waals surface area contributed by atoms with Crippen molar-refractivity contribution in [3.05, 3.63) is 63.0 Å². The Kier molecular flexibility index (Phi) is 4.65. The predicted molar refractivity (Wildman–Crippen MR) is 92.7 cm³/mol. The number of nitrogens with one attached hydrogen (secondary N) is 1. The number of nitro groups is 1. The molecule has 1 aromatic carbocycles. The quantitative estimate of drug-likeness (QED) is 0.490. The molecule has 130 valence electrons. The zero-order valence-corrected chi connectivity index (χ0v) is 14.1. The number of methoxy groups -OCH3 is 1. The van der Waals surface area contributed by atoms with E-state index in [4.69, 9.17) is 4.74 Å². The van der Waals surface area contributed by atoms with Crippen LogP contribution in [0.2, 0.25) is 0 Å². The second-order valence-corrected chi connectivity index (χ2v) is 6.08. The number of aryl methyl sites for hydroxylation is 1. The molecule has 0 atom stereocenters. The van der Waals surface area contributed by atoms with Gasteiger partial charge in [0, 0.05) is 12.0 Å². The topological polar surface area (TPSA) is 94.4 Å². The Bertz CT molecular complexity index is 831. The smallest absolute Gasteiger partial charge is 0.339 e. The number of nitrogens with zero attached hydrogens (tertiary/aromatic N) is 2. The molecule has 7 heteroatoms. The fourth-order valence-corrected chi connectivity index (χ4v) is 2.78. The van der Waals surface area contributed by atoms with Gasteiger partial charge in [0.1, 0.15) is 5.69 Å². The van der Waals surface area contributed by atoms with E-state index < -0.39 is 4.92 Å². The van der Waals surface area contributed by atoms with Crippen LogP contribution < -0.4 is 5.32 Å². The molecule has 1 aliphatic carbocycles. The molecule has 1 fully saturated rings. The lowest BCUT2D eigenvalue weighted by Gasteiger charge is -2.12. The van der Waals surface area contributed by atoms with Crippen molar-refractivity contribution in [3.63, 3.8) is 0 Å². The average Bonchev–Trinajstić information content (AvgIpc) is 3.44. The Morgan fingerprint density at radius 2 is 2.12 bits per heavy atom. The molecular weight excluding hydrogens is 322 g/mol. The molecule has 25 heavy (non-hydrogen) atoms. The van der Waals surface area contributed by atoms with Crippen LogP contribution in [-0.2, 0) is 11.3 Å². The van der Waals surface area contributed by atoms with Crippen LogP contribution in [0.5, 0.6) is 0 Å². The van der Waals surface area contributed by atoms with E-state index in [0.29, 0.717) is 23.7 Å². The molecule has 0 saturated heterocycles. The lowest BCUT2D eigenvalue weighted by atomic mass is 10.1. The molecule has 1 N–H and O–H groups in total. The van der Waals surface area contributed by atoms with Crippen LogP contribution in [0.4, 0.5) is 11.4 Å². The Hall–Kier alpha value is -2.96. The summed E-state index contributed by atoms with van der Waals surface area (Å²) in [6, 6.07) is 8.41. The van der Waals surface area contributed by atoms with Gasteiger partial charge in [0.25, 0.3) is 5.69 Å². The van der Waals surface area contributed by atoms with Gasteiger partial charge in [0.05, 0.1) is 35.5 Å². The van der Waals surface area contributed by atoms with Crippen molar-refractivity contribution in [2.75, 3.05) is 12.4 Å². The average molecular weight is 341 g/mol. The highest BCUT2D eigenvalue weighted by molar-refractivity contribution is 5.90. The summed E-state index contributed by atoms with van der Waals surface area (Å²) >= 11 is 0. The number of hydrogen-bond donors (Lipinski definition) is 1. The molecule has 0 amide bonds. The van der Waals surface area contributed by atoms with E-state index >= 15 is 0 Å². The molecule has 2 aromatic rings. The maximum Gasteiger partial charge on any atom is 0.339 e. The largest absolute Gasteiger partial charge is 0.465 e. The van der Waals surface area contributed by atoms with Gasteiger partial charge in [0.15, 0.2) is 0 Å². The van der Waals surface area contributed by atoms with E-state index in [1.54, 1.807) is 18.2 Å². The fraction of sp³-hybridized carbons (Fsp3) is 0.333. The summed E-state index contributed by atoms with van der Waals surface area (Å²) in [7, 11) is 1.35. The van der Waals surface area contributed by atoms with Crippen molar-refractivity contribution >= 4 is 17.3 Å². The summed E-state index contributed by atoms with van der Waals surface area (Å²) in [5, 5.41) is 14.3. The molecule has 0 radical (unpaired) electrons. The van der Waals surface area contributed by atoms with E-state index in [1.807, 2.05) is 13.0 Å². The zero-order valence-electron chi connectivity index (χ0n) is 14.1. The second kappa shape index (κ2) is 6.88. The van der Waals surface area contributed by atoms with Gasteiger partial charge in [-0.25, -0.2) is 4.79 Å². The third-order valence-corrected chi connectivity index (χ3v) is 4.25. The van der Waals surface area contributed by atoms with Crippen molar-refractivity contribution in [2.45, 2.75) is 32.2 Å². The van der Waals surface area contributed by atoms with E-state index in [9.17, 15) is 14.9 Å². The molecule has 0 spiro atoms. The summed E-state index contributed by atoms with van der Waals surface area (Å²) in [6.07, 6.45) is 2.02. The SMILES string of the molecule is COC(=O)c1ccc(CNc2c(C)cccc2[N+](=O)[O-])nc1C1CC1. The van der Waals surface area contributed by atoms with Gasteiger partial charge in [0.2, 0.25) is 0 Å². The van der Waals surface area contributed by atoms with Crippen LogP contribution in [0.15, 0.2) is 30.3 Å². The summed E-state index contributed by atoms with van der Waals surface area (Å²) in [4.78, 5) is 27.2. The van der Waals surface area contributed by atoms with Crippen LogP contribution in [0, 0.1) is 17.0 Å². The molecule has 3 rings (SSSR count). The highest BCUT2D eigenvalue weighted by atomic mass is 16.6. The van der Waals surface area contributed by atoms with Crippen LogP contribution in [0.3, 0.4) is 0 Å². The first-order valence-corrected chi connectivity index (χ1v) is 8.07. The number of rotatable bonds is 6. The third kappa shape index (κ3) is 3.60. The Morgan fingerprint density at radius 1 is 1.36 bits per heavy atom. The van der Waals surface area contributed by atoms with Gasteiger partial charge in [-0.15, -0.1) is 0 Å². The Balaban J connectivity index is 1.84. The number of ether oxygens (including phenoxy) is 1. The standard InChI is InChI=1S/C18H19N3O4/c1-11-4-3-5-15(21(23)24)16(11)19-10-13-8-9-14(18(22)25-2)17(20-13)12-6-7-12/h3-5,8-9,12,19H,6-7,10H2,1-2H3. The summed E-state index contributed by atoms with van der Waals surface area (Å²) < 4.78 is 4.81. The zero-order chi connectivity index (χ0) is 18.0. The number of para-hydroxylation sites is 1. The summed E-state index contributed by atoms with van der Waals surface area (Å²) in [6.45, 7) is 2.16. The van der Waals surface area contributed by atoms with Crippen molar-refractivity contribution in [2.24, 2.45) is 0 Å². The first-order valence-electron chi connectivity index (χ1n) is 8.07. The number of aromatic nitrogens is 1. The number of hydrogen-bond acceptors (Lipinski definition) is 6. The lowest BCUT2D eigenvalue weighted by molar-refractivity contribution is -0.384. The molecule has 0 aliphatic heterocycles. The molecule has 1 saturated carbocycles. The number of nitro benzene ring substituents is 1. The van der Waals surface area contributed by atoms with E-state index in [-0.39, 0.29) is 11.7 Å². The number of esters is 1. The number of carbonyl (C=O) groups is 1. The molecule has 0 unspecified atom stereocenters. The van der Waals surface area contributed by atoms with Gasteiger partial charge in [-0.1, -0.05) is 12.1 Å². The van der Waals surface area contributed by atoms with Crippen LogP contribution >= 0.6 is 0 Å². The first kappa shape index (κ1) is 16.9. The summed E-state index contributed by atoms with van der Waals surface area (Å²) in [5.41, 5.74) is 3.30. The fourth-order valence-electron chi connectivity index (χ4n) is 2.78. The minimum Gasteiger partial charge on any atom is -0.465 e. The van der Waals surface area contributed by atoms with Crippen molar-refractivity contribution in [1.82, 2.24) is 4.98 Å². The molecular formula is C18H19N3O4. The highest BCUT2D eigenvalue weighted by Gasteiger charge is 2.30. The number of pyridine rings is 1. The number of carbonyl (C=O) groups excluding carboxylic acids is 1. The van der Waals surface area contributed by atoms with Crippen LogP contribution in [0.25, 0.3) is 0 Å². The van der Waals surface area contributed by atoms with Crippen LogP contribution in [0.1, 0.15) is 46.1 Å². The molecule has 1 aromatic heterocycles. The van der Waals surface area contributed by atoms with Crippen molar-refractivity contribution in [3.8, 4) is 0 Å². The van der Waals surface area contributed by atoms with Gasteiger partial charge in [-0.2, -0.15) is 0 Å². The van der Waals surface area contributed by atoms with E-state index in [2.05, 4.69) is 10.3 Å². The van der Waals surface area contributed by atoms with E-state index in [0.717, 1.165) is 29.8 Å². The minimum atomic E-state index is -0.404. The lowest BCUT2D eigenvalue weighted by Crippen LogP contribution is -2.11. The normalized spacial score (nSPS) is 13.4. The molecule has 0 bridgehead atoms. The van der Waals surface area contributed by atoms with Gasteiger partial charge in [-0.3, -0.25) is 15.1 Å². The third-order valence-electron chi connectivity index (χ3n) is 4.25.